The molecule has 1 aromatic carbocycles. The average Bonchev–Trinajstić information content (AvgIpc) is 3.04. The minimum Gasteiger partial charge on any atom is -0.369 e. The normalized spacial score (nSPS) is 17.7. The van der Waals surface area contributed by atoms with Crippen molar-refractivity contribution in [1.29, 1.82) is 0 Å². The number of nitrogens with zero attached hydrogens (tertiary/aromatic N) is 3. The van der Waals surface area contributed by atoms with Crippen LogP contribution < -0.4 is 15.5 Å². The predicted octanol–water partition coefficient (Wildman–Crippen LogP) is 2.20. The molecule has 1 aromatic heterocycles. The molecule has 22 heavy (non-hydrogen) atoms. The summed E-state index contributed by atoms with van der Waals surface area (Å²) in [5.74, 6) is 0.825. The van der Waals surface area contributed by atoms with E-state index < -0.39 is 0 Å². The molecule has 3 rings (SSSR count). The number of rotatable bonds is 5. The van der Waals surface area contributed by atoms with E-state index in [0.717, 1.165) is 31.1 Å². The molecule has 0 saturated carbocycles. The molecular formula is C17H23N5. The summed E-state index contributed by atoms with van der Waals surface area (Å²) in [6.07, 6.45) is 3.01. The second-order valence-corrected chi connectivity index (χ2v) is 5.86. The van der Waals surface area contributed by atoms with Crippen molar-refractivity contribution in [2.75, 3.05) is 30.4 Å². The van der Waals surface area contributed by atoms with Gasteiger partial charge in [0.25, 0.3) is 0 Å². The van der Waals surface area contributed by atoms with Crippen LogP contribution in [0.3, 0.4) is 0 Å². The van der Waals surface area contributed by atoms with Crippen molar-refractivity contribution in [3.05, 3.63) is 47.7 Å². The molecule has 116 valence electrons. The van der Waals surface area contributed by atoms with Crippen LogP contribution in [0.25, 0.3) is 0 Å². The van der Waals surface area contributed by atoms with Crippen LogP contribution in [-0.4, -0.2) is 36.4 Å². The molecule has 1 atom stereocenters. The topological polar surface area (TPSA) is 53.1 Å². The Morgan fingerprint density at radius 3 is 2.82 bits per heavy atom. The number of hydrogen-bond donors (Lipinski definition) is 2. The highest BCUT2D eigenvalue weighted by atomic mass is 15.2. The van der Waals surface area contributed by atoms with E-state index in [0.29, 0.717) is 6.04 Å². The number of benzene rings is 1. The molecule has 1 aliphatic rings. The molecule has 0 bridgehead atoms. The van der Waals surface area contributed by atoms with Gasteiger partial charge in [-0.1, -0.05) is 29.8 Å². The Balaban J connectivity index is 1.63. The standard InChI is InChI=1S/C17H23N5/c1-13-3-5-14(6-4-13)10-19-17-9-16(11-20-21-17)22-8-7-15(12-22)18-2/h3-6,9,11,15,18H,7-8,10,12H2,1-2H3,(H,19,21)/t15-/m0/s1. The lowest BCUT2D eigenvalue weighted by Crippen LogP contribution is -2.29. The van der Waals surface area contributed by atoms with Crippen LogP contribution in [0, 0.1) is 6.92 Å². The molecule has 0 spiro atoms. The Kier molecular flexibility index (Phi) is 4.53. The maximum Gasteiger partial charge on any atom is 0.150 e. The van der Waals surface area contributed by atoms with E-state index in [1.54, 1.807) is 0 Å². The van der Waals surface area contributed by atoms with Crippen molar-refractivity contribution < 1.29 is 0 Å². The van der Waals surface area contributed by atoms with Crippen LogP contribution >= 0.6 is 0 Å². The van der Waals surface area contributed by atoms with E-state index in [2.05, 4.69) is 63.0 Å². The zero-order chi connectivity index (χ0) is 15.4. The van der Waals surface area contributed by atoms with E-state index in [4.69, 9.17) is 0 Å². The minimum atomic E-state index is 0.567. The van der Waals surface area contributed by atoms with Crippen LogP contribution in [0.5, 0.6) is 0 Å². The summed E-state index contributed by atoms with van der Waals surface area (Å²) >= 11 is 0. The van der Waals surface area contributed by atoms with Crippen LogP contribution in [0.1, 0.15) is 17.5 Å². The quantitative estimate of drug-likeness (QED) is 0.886. The maximum absolute atomic E-state index is 4.18. The Morgan fingerprint density at radius 2 is 2.09 bits per heavy atom. The Labute approximate surface area is 131 Å². The molecule has 0 unspecified atom stereocenters. The summed E-state index contributed by atoms with van der Waals surface area (Å²) in [6, 6.07) is 11.2. The fourth-order valence-corrected chi connectivity index (χ4v) is 2.74. The van der Waals surface area contributed by atoms with Crippen LogP contribution in [0.2, 0.25) is 0 Å². The molecule has 2 heterocycles. The Bertz CT molecular complexity index is 611. The first-order valence-corrected chi connectivity index (χ1v) is 7.79. The fourth-order valence-electron chi connectivity index (χ4n) is 2.74. The highest BCUT2D eigenvalue weighted by molar-refractivity contribution is 5.53. The van der Waals surface area contributed by atoms with Gasteiger partial charge < -0.3 is 15.5 Å². The highest BCUT2D eigenvalue weighted by Crippen LogP contribution is 2.21. The number of nitrogens with one attached hydrogen (secondary N) is 2. The van der Waals surface area contributed by atoms with E-state index >= 15 is 0 Å². The van der Waals surface area contributed by atoms with Gasteiger partial charge in [0, 0.05) is 31.7 Å². The largest absolute Gasteiger partial charge is 0.369 e. The third-order valence-corrected chi connectivity index (χ3v) is 4.20. The molecular weight excluding hydrogens is 274 g/mol. The van der Waals surface area contributed by atoms with E-state index in [1.807, 2.05) is 13.2 Å². The number of aromatic nitrogens is 2. The van der Waals surface area contributed by atoms with Gasteiger partial charge in [0.2, 0.25) is 0 Å². The monoisotopic (exact) mass is 297 g/mol. The van der Waals surface area contributed by atoms with Crippen molar-refractivity contribution in [2.24, 2.45) is 0 Å². The van der Waals surface area contributed by atoms with Gasteiger partial charge in [-0.3, -0.25) is 0 Å². The predicted molar refractivity (Wildman–Crippen MR) is 90.2 cm³/mol. The number of hydrogen-bond acceptors (Lipinski definition) is 5. The van der Waals surface area contributed by atoms with Crippen molar-refractivity contribution in [2.45, 2.75) is 25.9 Å². The molecule has 2 aromatic rings. The molecule has 1 fully saturated rings. The molecule has 0 amide bonds. The Morgan fingerprint density at radius 1 is 1.27 bits per heavy atom. The first-order chi connectivity index (χ1) is 10.7. The minimum absolute atomic E-state index is 0.567. The average molecular weight is 297 g/mol. The third-order valence-electron chi connectivity index (χ3n) is 4.20. The lowest BCUT2D eigenvalue weighted by molar-refractivity contribution is 0.617. The number of anilines is 2. The van der Waals surface area contributed by atoms with E-state index in [1.165, 1.54) is 17.5 Å². The first kappa shape index (κ1) is 14.8. The lowest BCUT2D eigenvalue weighted by Gasteiger charge is -2.18. The van der Waals surface area contributed by atoms with Crippen molar-refractivity contribution in [3.63, 3.8) is 0 Å². The van der Waals surface area contributed by atoms with Gasteiger partial charge in [-0.25, -0.2) is 0 Å². The molecule has 5 heteroatoms. The Hall–Kier alpha value is -2.14. The van der Waals surface area contributed by atoms with Gasteiger partial charge in [0.1, 0.15) is 0 Å². The highest BCUT2D eigenvalue weighted by Gasteiger charge is 2.21. The summed E-state index contributed by atoms with van der Waals surface area (Å²) in [7, 11) is 2.02. The summed E-state index contributed by atoms with van der Waals surface area (Å²) in [4.78, 5) is 2.35. The van der Waals surface area contributed by atoms with Crippen LogP contribution in [0.15, 0.2) is 36.5 Å². The van der Waals surface area contributed by atoms with Crippen molar-refractivity contribution in [1.82, 2.24) is 15.5 Å². The smallest absolute Gasteiger partial charge is 0.150 e. The molecule has 0 radical (unpaired) electrons. The summed E-state index contributed by atoms with van der Waals surface area (Å²) in [5, 5.41) is 15.0. The molecule has 0 aliphatic carbocycles. The second kappa shape index (κ2) is 6.75. The SMILES string of the molecule is CN[C@H]1CCN(c2cnnc(NCc3ccc(C)cc3)c2)C1. The van der Waals surface area contributed by atoms with Gasteiger partial charge in [0.05, 0.1) is 11.9 Å². The second-order valence-electron chi connectivity index (χ2n) is 5.86. The van der Waals surface area contributed by atoms with Crippen molar-refractivity contribution >= 4 is 11.5 Å². The van der Waals surface area contributed by atoms with Crippen LogP contribution in [-0.2, 0) is 6.54 Å². The summed E-state index contributed by atoms with van der Waals surface area (Å²) in [5.41, 5.74) is 3.66. The van der Waals surface area contributed by atoms with Crippen LogP contribution in [0.4, 0.5) is 11.5 Å². The van der Waals surface area contributed by atoms with Gasteiger partial charge in [0.15, 0.2) is 5.82 Å². The molecule has 5 nitrogen and oxygen atoms in total. The van der Waals surface area contributed by atoms with Crippen molar-refractivity contribution in [3.8, 4) is 0 Å². The van der Waals surface area contributed by atoms with E-state index in [-0.39, 0.29) is 0 Å². The van der Waals surface area contributed by atoms with Gasteiger partial charge in [-0.15, -0.1) is 5.10 Å². The lowest BCUT2D eigenvalue weighted by atomic mass is 10.1. The maximum atomic E-state index is 4.18. The molecule has 1 aliphatic heterocycles. The zero-order valence-corrected chi connectivity index (χ0v) is 13.2. The fraction of sp³-hybridized carbons (Fsp3) is 0.412. The number of aryl methyl sites for hydroxylation is 1. The first-order valence-electron chi connectivity index (χ1n) is 7.79. The molecule has 2 N–H and O–H groups in total. The van der Waals surface area contributed by atoms with Gasteiger partial charge in [-0.05, 0) is 26.0 Å². The summed E-state index contributed by atoms with van der Waals surface area (Å²) in [6.45, 7) is 4.95. The summed E-state index contributed by atoms with van der Waals surface area (Å²) < 4.78 is 0. The third kappa shape index (κ3) is 3.54. The zero-order valence-electron chi connectivity index (χ0n) is 13.2. The van der Waals surface area contributed by atoms with Gasteiger partial charge >= 0.3 is 0 Å². The van der Waals surface area contributed by atoms with Gasteiger partial charge in [-0.2, -0.15) is 5.10 Å². The van der Waals surface area contributed by atoms with E-state index in [9.17, 15) is 0 Å². The molecule has 1 saturated heterocycles. The number of likely N-dealkylation sites (N-methyl/N-ethyl adjacent to an activating group) is 1.